The van der Waals surface area contributed by atoms with Gasteiger partial charge < -0.3 is 20.4 Å². The Bertz CT molecular complexity index is 1610. The lowest BCUT2D eigenvalue weighted by Gasteiger charge is -2.24. The van der Waals surface area contributed by atoms with Crippen LogP contribution in [0.3, 0.4) is 0 Å². The minimum absolute atomic E-state index is 0.0000686. The Kier molecular flexibility index (Phi) is 7.64. The molecule has 0 atom stereocenters. The fraction of sp³-hybridized carbons (Fsp3) is 0.138. The number of aryl methyl sites for hydroxylation is 1. The molecule has 4 aromatic rings. The van der Waals surface area contributed by atoms with Crippen molar-refractivity contribution in [1.82, 2.24) is 29.7 Å². The van der Waals surface area contributed by atoms with Gasteiger partial charge in [0.25, 0.3) is 5.91 Å². The first-order chi connectivity index (χ1) is 19.7. The van der Waals surface area contributed by atoms with E-state index in [9.17, 15) is 18.0 Å². The highest BCUT2D eigenvalue weighted by atomic mass is 19.4. The molecule has 2 N–H and O–H groups in total. The molecule has 0 unspecified atom stereocenters. The number of hydrogen-bond acceptors (Lipinski definition) is 8. The van der Waals surface area contributed by atoms with Gasteiger partial charge in [0.1, 0.15) is 5.69 Å². The zero-order valence-electron chi connectivity index (χ0n) is 22.1. The second-order valence-corrected chi connectivity index (χ2v) is 9.27. The molecule has 0 fully saturated rings. The van der Waals surface area contributed by atoms with Crippen LogP contribution in [-0.2, 0) is 12.7 Å². The van der Waals surface area contributed by atoms with Gasteiger partial charge in [0.15, 0.2) is 0 Å². The second-order valence-electron chi connectivity index (χ2n) is 9.27. The van der Waals surface area contributed by atoms with Crippen LogP contribution >= 0.6 is 0 Å². The molecule has 4 heterocycles. The molecular weight excluding hydrogens is 533 g/mol. The van der Waals surface area contributed by atoms with E-state index in [0.29, 0.717) is 22.9 Å². The average Bonchev–Trinajstić information content (AvgIpc) is 2.96. The summed E-state index contributed by atoms with van der Waals surface area (Å²) in [7, 11) is 1.82. The van der Waals surface area contributed by atoms with Crippen molar-refractivity contribution in [2.45, 2.75) is 19.6 Å². The van der Waals surface area contributed by atoms with Crippen LogP contribution in [0.15, 0.2) is 92.1 Å². The van der Waals surface area contributed by atoms with E-state index in [1.807, 2.05) is 13.1 Å². The number of aromatic nitrogens is 4. The zero-order chi connectivity index (χ0) is 29.0. The van der Waals surface area contributed by atoms with Crippen molar-refractivity contribution in [2.75, 3.05) is 17.7 Å². The van der Waals surface area contributed by atoms with Crippen molar-refractivity contribution < 1.29 is 18.0 Å². The van der Waals surface area contributed by atoms with Gasteiger partial charge in [-0.1, -0.05) is 6.07 Å². The number of pyridine rings is 2. The summed E-state index contributed by atoms with van der Waals surface area (Å²) >= 11 is 0. The Morgan fingerprint density at radius 1 is 0.976 bits per heavy atom. The maximum absolute atomic E-state index is 13.9. The van der Waals surface area contributed by atoms with Gasteiger partial charge in [-0.2, -0.15) is 13.2 Å². The highest BCUT2D eigenvalue weighted by Gasteiger charge is 2.34. The van der Waals surface area contributed by atoms with E-state index < -0.39 is 17.6 Å². The summed E-state index contributed by atoms with van der Waals surface area (Å²) in [6, 6.07) is 10.7. The number of amides is 1. The number of benzene rings is 1. The van der Waals surface area contributed by atoms with E-state index in [1.54, 1.807) is 72.2 Å². The molecule has 1 aliphatic heterocycles. The molecule has 0 aliphatic carbocycles. The Hall–Kier alpha value is -5.26. The molecule has 0 radical (unpaired) electrons. The van der Waals surface area contributed by atoms with E-state index in [2.05, 4.69) is 30.6 Å². The maximum Gasteiger partial charge on any atom is 0.416 e. The third-order valence-electron chi connectivity index (χ3n) is 6.21. The molecule has 3 aromatic heterocycles. The first-order valence-electron chi connectivity index (χ1n) is 12.5. The first kappa shape index (κ1) is 27.3. The van der Waals surface area contributed by atoms with Gasteiger partial charge in [-0.25, -0.2) is 9.97 Å². The lowest BCUT2D eigenvalue weighted by Crippen LogP contribution is -2.20. The topological polar surface area (TPSA) is 99.2 Å². The van der Waals surface area contributed by atoms with Crippen LogP contribution in [0, 0.1) is 6.92 Å². The summed E-state index contributed by atoms with van der Waals surface area (Å²) in [6.45, 7) is 1.81. The monoisotopic (exact) mass is 558 g/mol. The minimum Gasteiger partial charge on any atom is -0.354 e. The van der Waals surface area contributed by atoms with Gasteiger partial charge >= 0.3 is 6.18 Å². The zero-order valence-corrected chi connectivity index (χ0v) is 22.1. The molecule has 41 heavy (non-hydrogen) atoms. The van der Waals surface area contributed by atoms with Crippen LogP contribution in [-0.4, -0.2) is 42.7 Å². The average molecular weight is 559 g/mol. The quantitative estimate of drug-likeness (QED) is 0.287. The Labute approximate surface area is 234 Å². The molecule has 0 bridgehead atoms. The van der Waals surface area contributed by atoms with Crippen LogP contribution in [0.25, 0.3) is 11.3 Å². The van der Waals surface area contributed by atoms with Gasteiger partial charge in [0.2, 0.25) is 5.95 Å². The van der Waals surface area contributed by atoms with Gasteiger partial charge in [0, 0.05) is 80.1 Å². The molecular formula is C29H25F3N8O. The molecule has 1 aromatic carbocycles. The number of rotatable bonds is 7. The minimum atomic E-state index is -4.61. The molecule has 9 nitrogen and oxygen atoms in total. The van der Waals surface area contributed by atoms with Gasteiger partial charge in [-0.15, -0.1) is 0 Å². The normalized spacial score (nSPS) is 12.9. The van der Waals surface area contributed by atoms with Crippen LogP contribution in [0.4, 0.5) is 30.5 Å². The first-order valence-corrected chi connectivity index (χ1v) is 12.5. The smallest absolute Gasteiger partial charge is 0.354 e. The lowest BCUT2D eigenvalue weighted by molar-refractivity contribution is -0.138. The Morgan fingerprint density at radius 2 is 1.78 bits per heavy atom. The summed E-state index contributed by atoms with van der Waals surface area (Å²) in [5, 5.41) is 5.62. The number of carbonyl (C=O) groups is 1. The summed E-state index contributed by atoms with van der Waals surface area (Å²) < 4.78 is 41.8. The van der Waals surface area contributed by atoms with Crippen molar-refractivity contribution in [1.29, 1.82) is 0 Å². The lowest BCUT2D eigenvalue weighted by atomic mass is 10.1. The van der Waals surface area contributed by atoms with Crippen LogP contribution in [0.5, 0.6) is 0 Å². The van der Waals surface area contributed by atoms with Crippen LogP contribution < -0.4 is 10.6 Å². The SMILES string of the molecule is Cc1cnc(C(=O)Nc2ccc(CN3C=CN(C)C=C3)c(C(F)(F)F)c2)cc1Nc1nccc(-c2cccnc2)n1. The third kappa shape index (κ3) is 6.67. The van der Waals surface area contributed by atoms with Crippen molar-refractivity contribution in [2.24, 2.45) is 0 Å². The van der Waals surface area contributed by atoms with Crippen molar-refractivity contribution in [3.63, 3.8) is 0 Å². The van der Waals surface area contributed by atoms with Gasteiger partial charge in [0.05, 0.1) is 11.3 Å². The molecule has 5 rings (SSSR count). The second kappa shape index (κ2) is 11.5. The number of nitrogens with one attached hydrogen (secondary N) is 2. The fourth-order valence-corrected chi connectivity index (χ4v) is 4.03. The fourth-order valence-electron chi connectivity index (χ4n) is 4.03. The predicted octanol–water partition coefficient (Wildman–Crippen LogP) is 5.95. The maximum atomic E-state index is 13.9. The highest BCUT2D eigenvalue weighted by molar-refractivity contribution is 6.03. The number of halogens is 3. The van der Waals surface area contributed by atoms with Crippen molar-refractivity contribution in [3.8, 4) is 11.3 Å². The third-order valence-corrected chi connectivity index (χ3v) is 6.21. The molecule has 0 saturated heterocycles. The van der Waals surface area contributed by atoms with Gasteiger partial charge in [-0.05, 0) is 54.4 Å². The summed E-state index contributed by atoms with van der Waals surface area (Å²) in [5.74, 6) is -0.369. The predicted molar refractivity (Wildman–Crippen MR) is 149 cm³/mol. The highest BCUT2D eigenvalue weighted by Crippen LogP contribution is 2.35. The molecule has 0 spiro atoms. The van der Waals surface area contributed by atoms with E-state index >= 15 is 0 Å². The van der Waals surface area contributed by atoms with Crippen LogP contribution in [0.2, 0.25) is 0 Å². The molecule has 1 aliphatic rings. The van der Waals surface area contributed by atoms with Crippen molar-refractivity contribution >= 4 is 23.2 Å². The Morgan fingerprint density at radius 3 is 2.51 bits per heavy atom. The van der Waals surface area contributed by atoms with Crippen molar-refractivity contribution in [3.05, 3.63) is 114 Å². The molecule has 0 saturated carbocycles. The standard InChI is InChI=1S/C29H25F3N8O/c1-19-16-35-26(15-25(19)38-28-34-9-7-24(37-28)20-4-3-8-33-17-20)27(41)36-22-6-5-21(23(14-22)29(30,31)32)18-40-12-10-39(2)11-13-40/h3-17H,18H2,1-2H3,(H,36,41)(H,34,35,37,38). The largest absolute Gasteiger partial charge is 0.416 e. The van der Waals surface area contributed by atoms with E-state index in [0.717, 1.165) is 11.6 Å². The molecule has 1 amide bonds. The number of nitrogens with zero attached hydrogens (tertiary/aromatic N) is 6. The van der Waals surface area contributed by atoms with E-state index in [1.165, 1.54) is 24.4 Å². The molecule has 208 valence electrons. The van der Waals surface area contributed by atoms with Gasteiger partial charge in [-0.3, -0.25) is 14.8 Å². The van der Waals surface area contributed by atoms with E-state index in [-0.39, 0.29) is 23.5 Å². The summed E-state index contributed by atoms with van der Waals surface area (Å²) in [4.78, 5) is 33.5. The Balaban J connectivity index is 1.34. The number of hydrogen-bond donors (Lipinski definition) is 2. The van der Waals surface area contributed by atoms with E-state index in [4.69, 9.17) is 0 Å². The van der Waals surface area contributed by atoms with Crippen LogP contribution in [0.1, 0.15) is 27.2 Å². The number of carbonyl (C=O) groups excluding carboxylic acids is 1. The number of alkyl halides is 3. The summed E-state index contributed by atoms with van der Waals surface area (Å²) in [6.07, 6.45) is 8.67. The summed E-state index contributed by atoms with van der Waals surface area (Å²) in [5.41, 5.74) is 1.95. The number of anilines is 3. The molecule has 12 heteroatoms.